The van der Waals surface area contributed by atoms with E-state index in [1.165, 1.54) is 0 Å². The molecular formula is C8H7N3O. The van der Waals surface area contributed by atoms with Gasteiger partial charge in [0, 0.05) is 6.20 Å². The molecule has 0 aliphatic heterocycles. The zero-order chi connectivity index (χ0) is 8.55. The average molecular weight is 161 g/mol. The van der Waals surface area contributed by atoms with Crippen molar-refractivity contribution in [2.75, 3.05) is 0 Å². The van der Waals surface area contributed by atoms with E-state index in [4.69, 9.17) is 5.73 Å². The molecule has 0 fully saturated rings. The maximum absolute atomic E-state index is 10.9. The molecule has 0 bridgehead atoms. The van der Waals surface area contributed by atoms with Crippen molar-refractivity contribution in [2.45, 2.75) is 0 Å². The van der Waals surface area contributed by atoms with E-state index in [2.05, 4.69) is 4.98 Å². The molecule has 0 aliphatic rings. The Morgan fingerprint density at radius 3 is 3.17 bits per heavy atom. The molecule has 0 saturated heterocycles. The van der Waals surface area contributed by atoms with Gasteiger partial charge in [-0.2, -0.15) is 0 Å². The van der Waals surface area contributed by atoms with E-state index >= 15 is 0 Å². The van der Waals surface area contributed by atoms with Crippen LogP contribution in [-0.4, -0.2) is 15.3 Å². The Bertz CT molecular complexity index is 433. The van der Waals surface area contributed by atoms with Crippen LogP contribution in [0.5, 0.6) is 0 Å². The summed E-state index contributed by atoms with van der Waals surface area (Å²) in [6.07, 6.45) is 5.05. The van der Waals surface area contributed by atoms with Crippen LogP contribution in [0, 0.1) is 0 Å². The molecule has 0 atom stereocenters. The summed E-state index contributed by atoms with van der Waals surface area (Å²) in [5.41, 5.74) is 6.40. The van der Waals surface area contributed by atoms with Gasteiger partial charge < -0.3 is 10.1 Å². The molecule has 2 aromatic heterocycles. The molecule has 0 unspecified atom stereocenters. The van der Waals surface area contributed by atoms with Crippen molar-refractivity contribution in [2.24, 2.45) is 5.73 Å². The van der Waals surface area contributed by atoms with Crippen LogP contribution >= 0.6 is 0 Å². The normalized spacial score (nSPS) is 10.3. The summed E-state index contributed by atoms with van der Waals surface area (Å²) in [7, 11) is 0. The standard InChI is InChI=1S/C8H7N3O/c9-8(12)6-2-1-3-11-5-10-4-7(6)11/h1-5H,(H2,9,12). The Labute approximate surface area is 68.6 Å². The summed E-state index contributed by atoms with van der Waals surface area (Å²) in [6, 6.07) is 3.44. The zero-order valence-electron chi connectivity index (χ0n) is 6.27. The van der Waals surface area contributed by atoms with Crippen LogP contribution in [0.4, 0.5) is 0 Å². The molecule has 12 heavy (non-hydrogen) atoms. The highest BCUT2D eigenvalue weighted by molar-refractivity contribution is 5.99. The molecule has 4 heteroatoms. The van der Waals surface area contributed by atoms with Crippen LogP contribution in [-0.2, 0) is 0 Å². The van der Waals surface area contributed by atoms with Crippen LogP contribution < -0.4 is 5.73 Å². The fourth-order valence-corrected chi connectivity index (χ4v) is 1.16. The van der Waals surface area contributed by atoms with E-state index in [-0.39, 0.29) is 0 Å². The number of amides is 1. The molecular weight excluding hydrogens is 154 g/mol. The van der Waals surface area contributed by atoms with Crippen LogP contribution in [0.3, 0.4) is 0 Å². The fourth-order valence-electron chi connectivity index (χ4n) is 1.16. The van der Waals surface area contributed by atoms with Gasteiger partial charge in [0.25, 0.3) is 5.91 Å². The van der Waals surface area contributed by atoms with Gasteiger partial charge in [-0.05, 0) is 12.1 Å². The fraction of sp³-hybridized carbons (Fsp3) is 0. The highest BCUT2D eigenvalue weighted by atomic mass is 16.1. The summed E-state index contributed by atoms with van der Waals surface area (Å²) >= 11 is 0. The highest BCUT2D eigenvalue weighted by Crippen LogP contribution is 2.08. The first-order valence-electron chi connectivity index (χ1n) is 3.49. The van der Waals surface area contributed by atoms with Crippen molar-refractivity contribution in [3.8, 4) is 0 Å². The molecule has 2 aromatic rings. The van der Waals surface area contributed by atoms with E-state index < -0.39 is 5.91 Å². The Balaban J connectivity index is 2.82. The number of primary amides is 1. The number of hydrogen-bond donors (Lipinski definition) is 1. The summed E-state index contributed by atoms with van der Waals surface area (Å²) in [6.45, 7) is 0. The molecule has 1 amide bonds. The molecule has 2 N–H and O–H groups in total. The minimum absolute atomic E-state index is 0.430. The average Bonchev–Trinajstić information content (AvgIpc) is 2.49. The maximum Gasteiger partial charge on any atom is 0.250 e. The predicted molar refractivity (Wildman–Crippen MR) is 43.7 cm³/mol. The highest BCUT2D eigenvalue weighted by Gasteiger charge is 2.04. The van der Waals surface area contributed by atoms with Gasteiger partial charge in [0.15, 0.2) is 0 Å². The predicted octanol–water partition coefficient (Wildman–Crippen LogP) is 0.433. The first-order chi connectivity index (χ1) is 5.79. The Hall–Kier alpha value is -1.84. The van der Waals surface area contributed by atoms with Crippen LogP contribution in [0.25, 0.3) is 5.52 Å². The SMILES string of the molecule is NC(=O)c1cccn2cncc12. The third-order valence-electron chi connectivity index (χ3n) is 1.72. The third-order valence-corrected chi connectivity index (χ3v) is 1.72. The van der Waals surface area contributed by atoms with Crippen molar-refractivity contribution < 1.29 is 4.79 Å². The number of carbonyl (C=O) groups is 1. The van der Waals surface area contributed by atoms with Crippen molar-refractivity contribution in [1.82, 2.24) is 9.38 Å². The van der Waals surface area contributed by atoms with Crippen molar-refractivity contribution >= 4 is 11.4 Å². The second-order valence-electron chi connectivity index (χ2n) is 2.47. The smallest absolute Gasteiger partial charge is 0.250 e. The number of rotatable bonds is 1. The second-order valence-corrected chi connectivity index (χ2v) is 2.47. The Morgan fingerprint density at radius 2 is 2.42 bits per heavy atom. The van der Waals surface area contributed by atoms with Gasteiger partial charge in [0.2, 0.25) is 0 Å². The van der Waals surface area contributed by atoms with E-state index in [0.717, 1.165) is 5.52 Å². The lowest BCUT2D eigenvalue weighted by Gasteiger charge is -1.97. The van der Waals surface area contributed by atoms with Crippen LogP contribution in [0.15, 0.2) is 30.9 Å². The molecule has 0 saturated carbocycles. The van der Waals surface area contributed by atoms with Crippen molar-refractivity contribution in [3.05, 3.63) is 36.4 Å². The quantitative estimate of drug-likeness (QED) is 0.659. The monoisotopic (exact) mass is 161 g/mol. The Morgan fingerprint density at radius 1 is 1.58 bits per heavy atom. The summed E-state index contributed by atoms with van der Waals surface area (Å²) in [5, 5.41) is 0. The zero-order valence-corrected chi connectivity index (χ0v) is 6.27. The number of carbonyl (C=O) groups excluding carboxylic acids is 1. The van der Waals surface area contributed by atoms with Gasteiger partial charge in [-0.3, -0.25) is 4.79 Å². The van der Waals surface area contributed by atoms with E-state index in [9.17, 15) is 4.79 Å². The molecule has 0 spiro atoms. The molecule has 0 aromatic carbocycles. The van der Waals surface area contributed by atoms with Gasteiger partial charge in [-0.1, -0.05) is 0 Å². The first kappa shape index (κ1) is 6.84. The minimum atomic E-state index is -0.430. The number of nitrogens with zero attached hydrogens (tertiary/aromatic N) is 2. The third kappa shape index (κ3) is 0.852. The number of fused-ring (bicyclic) bond motifs is 1. The minimum Gasteiger partial charge on any atom is -0.366 e. The molecule has 2 heterocycles. The van der Waals surface area contributed by atoms with Crippen LogP contribution in [0.1, 0.15) is 10.4 Å². The summed E-state index contributed by atoms with van der Waals surface area (Å²) in [4.78, 5) is 14.8. The van der Waals surface area contributed by atoms with E-state index in [1.807, 2.05) is 6.20 Å². The lowest BCUT2D eigenvalue weighted by Crippen LogP contribution is -2.11. The number of pyridine rings is 1. The van der Waals surface area contributed by atoms with E-state index in [0.29, 0.717) is 5.56 Å². The molecule has 60 valence electrons. The number of imidazole rings is 1. The van der Waals surface area contributed by atoms with Gasteiger partial charge in [0.05, 0.1) is 23.6 Å². The van der Waals surface area contributed by atoms with Gasteiger partial charge in [0.1, 0.15) is 0 Å². The van der Waals surface area contributed by atoms with Crippen molar-refractivity contribution in [1.29, 1.82) is 0 Å². The van der Waals surface area contributed by atoms with Crippen LogP contribution in [0.2, 0.25) is 0 Å². The molecule has 4 nitrogen and oxygen atoms in total. The summed E-state index contributed by atoms with van der Waals surface area (Å²) in [5.74, 6) is -0.430. The lowest BCUT2D eigenvalue weighted by molar-refractivity contribution is 0.100. The largest absolute Gasteiger partial charge is 0.366 e. The Kier molecular flexibility index (Phi) is 1.33. The van der Waals surface area contributed by atoms with Gasteiger partial charge >= 0.3 is 0 Å². The first-order valence-corrected chi connectivity index (χ1v) is 3.49. The molecule has 0 radical (unpaired) electrons. The number of nitrogens with two attached hydrogens (primary N) is 1. The second kappa shape index (κ2) is 2.34. The molecule has 2 rings (SSSR count). The van der Waals surface area contributed by atoms with Gasteiger partial charge in [-0.25, -0.2) is 4.98 Å². The number of hydrogen-bond acceptors (Lipinski definition) is 2. The molecule has 0 aliphatic carbocycles. The number of aromatic nitrogens is 2. The van der Waals surface area contributed by atoms with Gasteiger partial charge in [-0.15, -0.1) is 0 Å². The lowest BCUT2D eigenvalue weighted by atomic mass is 10.2. The summed E-state index contributed by atoms with van der Waals surface area (Å²) < 4.78 is 1.75. The van der Waals surface area contributed by atoms with Crippen molar-refractivity contribution in [3.63, 3.8) is 0 Å². The maximum atomic E-state index is 10.9. The van der Waals surface area contributed by atoms with E-state index in [1.54, 1.807) is 29.1 Å². The topological polar surface area (TPSA) is 60.4 Å².